The lowest BCUT2D eigenvalue weighted by Gasteiger charge is -2.30. The van der Waals surface area contributed by atoms with Gasteiger partial charge in [0.25, 0.3) is 11.6 Å². The third kappa shape index (κ3) is 4.10. The van der Waals surface area contributed by atoms with Crippen LogP contribution in [0.5, 0.6) is 0 Å². The zero-order chi connectivity index (χ0) is 21.8. The van der Waals surface area contributed by atoms with Crippen molar-refractivity contribution in [3.05, 3.63) is 68.8 Å². The Kier molecular flexibility index (Phi) is 5.73. The first-order chi connectivity index (χ1) is 14.3. The van der Waals surface area contributed by atoms with E-state index in [1.54, 1.807) is 30.3 Å². The fraction of sp³-hybridized carbons (Fsp3) is 0.0588. The molecule has 1 aliphatic heterocycles. The van der Waals surface area contributed by atoms with E-state index in [0.717, 1.165) is 29.3 Å². The number of nitro groups is 2. The molecular weight excluding hydrogens is 416 g/mol. The number of hydrazone groups is 1. The highest BCUT2D eigenvalue weighted by molar-refractivity contribution is 7.80. The van der Waals surface area contributed by atoms with Crippen molar-refractivity contribution < 1.29 is 19.4 Å². The van der Waals surface area contributed by atoms with Gasteiger partial charge in [-0.25, -0.2) is 0 Å². The standard InChI is InChI=1S/C17H12N6O6S/c24-15-12(16(25)21(17(30)19-15)10-4-2-1-3-5-10)9-18-20-13-7-6-11(22(26)27)8-14(13)23(28)29/h1-9,12,20H,(H,19,24,30)/b18-9-/t12-/m0/s1. The van der Waals surface area contributed by atoms with Crippen LogP contribution in [0.15, 0.2) is 53.6 Å². The molecule has 1 atom stereocenters. The van der Waals surface area contributed by atoms with Crippen LogP contribution in [0.4, 0.5) is 22.7 Å². The quantitative estimate of drug-likeness (QED) is 0.232. The number of nitro benzene ring substituents is 2. The summed E-state index contributed by atoms with van der Waals surface area (Å²) in [5.41, 5.74) is 1.58. The van der Waals surface area contributed by atoms with E-state index in [-0.39, 0.29) is 10.8 Å². The van der Waals surface area contributed by atoms with Crippen LogP contribution in [0, 0.1) is 26.1 Å². The number of para-hydroxylation sites is 1. The number of non-ortho nitro benzene ring substituents is 1. The number of thiocarbonyl (C=S) groups is 1. The topological polar surface area (TPSA) is 160 Å². The Morgan fingerprint density at radius 1 is 1.10 bits per heavy atom. The second-order valence-corrected chi connectivity index (χ2v) is 6.27. The van der Waals surface area contributed by atoms with Crippen LogP contribution >= 0.6 is 12.2 Å². The third-order valence-electron chi connectivity index (χ3n) is 4.01. The number of rotatable bonds is 6. The van der Waals surface area contributed by atoms with Crippen LogP contribution in [-0.4, -0.2) is 33.0 Å². The lowest BCUT2D eigenvalue weighted by Crippen LogP contribution is -2.58. The molecule has 152 valence electrons. The first-order valence-electron chi connectivity index (χ1n) is 8.25. The molecule has 2 aromatic rings. The second kappa shape index (κ2) is 8.40. The summed E-state index contributed by atoms with van der Waals surface area (Å²) >= 11 is 5.07. The Bertz CT molecular complexity index is 1090. The highest BCUT2D eigenvalue weighted by Gasteiger charge is 2.38. The van der Waals surface area contributed by atoms with Crippen molar-refractivity contribution in [3.63, 3.8) is 0 Å². The van der Waals surface area contributed by atoms with Gasteiger partial charge in [0.15, 0.2) is 11.0 Å². The molecule has 0 unspecified atom stereocenters. The fourth-order valence-electron chi connectivity index (χ4n) is 2.60. The molecule has 0 aromatic heterocycles. The van der Waals surface area contributed by atoms with Gasteiger partial charge in [-0.15, -0.1) is 0 Å². The molecule has 13 heteroatoms. The minimum atomic E-state index is -1.35. The average molecular weight is 428 g/mol. The molecule has 3 rings (SSSR count). The molecule has 0 spiro atoms. The lowest BCUT2D eigenvalue weighted by atomic mass is 10.1. The summed E-state index contributed by atoms with van der Waals surface area (Å²) in [7, 11) is 0. The Labute approximate surface area is 173 Å². The Morgan fingerprint density at radius 2 is 1.80 bits per heavy atom. The van der Waals surface area contributed by atoms with Crippen molar-refractivity contribution in [1.29, 1.82) is 0 Å². The summed E-state index contributed by atoms with van der Waals surface area (Å²) < 4.78 is 0. The summed E-state index contributed by atoms with van der Waals surface area (Å²) in [4.78, 5) is 46.4. The fourth-order valence-corrected chi connectivity index (χ4v) is 2.90. The minimum Gasteiger partial charge on any atom is -0.301 e. The SMILES string of the molecule is O=C1NC(=S)N(c2ccccc2)C(=O)[C@H]1/C=N\Nc1ccc([N+](=O)[O-])cc1[N+](=O)[O-]. The number of nitrogens with zero attached hydrogens (tertiary/aromatic N) is 4. The van der Waals surface area contributed by atoms with E-state index in [1.807, 2.05) is 0 Å². The first-order valence-corrected chi connectivity index (χ1v) is 8.66. The Hall–Kier alpha value is -4.26. The Morgan fingerprint density at radius 3 is 2.43 bits per heavy atom. The molecule has 2 aromatic carbocycles. The van der Waals surface area contributed by atoms with Crippen LogP contribution in [0.1, 0.15) is 0 Å². The van der Waals surface area contributed by atoms with Crippen LogP contribution in [0.25, 0.3) is 0 Å². The summed E-state index contributed by atoms with van der Waals surface area (Å²) in [6.45, 7) is 0. The molecule has 0 radical (unpaired) electrons. The van der Waals surface area contributed by atoms with E-state index in [9.17, 15) is 29.8 Å². The first kappa shape index (κ1) is 20.5. The Balaban J connectivity index is 1.82. The van der Waals surface area contributed by atoms with Crippen molar-refractivity contribution in [1.82, 2.24) is 5.32 Å². The molecule has 0 aliphatic carbocycles. The van der Waals surface area contributed by atoms with Crippen LogP contribution < -0.4 is 15.6 Å². The predicted molar refractivity (Wildman–Crippen MR) is 110 cm³/mol. The zero-order valence-corrected chi connectivity index (χ0v) is 15.7. The highest BCUT2D eigenvalue weighted by Crippen LogP contribution is 2.29. The van der Waals surface area contributed by atoms with E-state index >= 15 is 0 Å². The van der Waals surface area contributed by atoms with Crippen molar-refractivity contribution in [2.24, 2.45) is 11.0 Å². The van der Waals surface area contributed by atoms with Gasteiger partial charge < -0.3 is 5.32 Å². The molecule has 1 fully saturated rings. The molecule has 0 saturated carbocycles. The molecule has 0 bridgehead atoms. The van der Waals surface area contributed by atoms with Gasteiger partial charge in [0, 0.05) is 12.3 Å². The van der Waals surface area contributed by atoms with Gasteiger partial charge in [0.1, 0.15) is 5.69 Å². The number of carbonyl (C=O) groups excluding carboxylic acids is 2. The van der Waals surface area contributed by atoms with Gasteiger partial charge in [0.2, 0.25) is 5.91 Å². The maximum atomic E-state index is 12.8. The molecule has 2 amide bonds. The second-order valence-electron chi connectivity index (χ2n) is 5.89. The van der Waals surface area contributed by atoms with E-state index in [2.05, 4.69) is 15.8 Å². The lowest BCUT2D eigenvalue weighted by molar-refractivity contribution is -0.393. The van der Waals surface area contributed by atoms with Gasteiger partial charge in [-0.2, -0.15) is 5.10 Å². The monoisotopic (exact) mass is 428 g/mol. The summed E-state index contributed by atoms with van der Waals surface area (Å²) in [5.74, 6) is -2.71. The number of hydrogen-bond acceptors (Lipinski definition) is 9. The highest BCUT2D eigenvalue weighted by atomic mass is 32.1. The van der Waals surface area contributed by atoms with Gasteiger partial charge >= 0.3 is 5.69 Å². The number of amides is 2. The zero-order valence-electron chi connectivity index (χ0n) is 14.9. The molecule has 1 heterocycles. The number of nitrogens with one attached hydrogen (secondary N) is 2. The summed E-state index contributed by atoms with van der Waals surface area (Å²) in [5, 5.41) is 28.0. The number of anilines is 2. The molecule has 1 saturated heterocycles. The molecule has 30 heavy (non-hydrogen) atoms. The van der Waals surface area contributed by atoms with E-state index in [1.165, 1.54) is 0 Å². The van der Waals surface area contributed by atoms with Crippen LogP contribution in [0.3, 0.4) is 0 Å². The third-order valence-corrected chi connectivity index (χ3v) is 4.30. The van der Waals surface area contributed by atoms with Crippen LogP contribution in [0.2, 0.25) is 0 Å². The average Bonchev–Trinajstić information content (AvgIpc) is 2.70. The van der Waals surface area contributed by atoms with E-state index < -0.39 is 39.0 Å². The number of carbonyl (C=O) groups is 2. The summed E-state index contributed by atoms with van der Waals surface area (Å²) in [6, 6.07) is 11.3. The largest absolute Gasteiger partial charge is 0.301 e. The summed E-state index contributed by atoms with van der Waals surface area (Å²) in [6.07, 6.45) is 0.973. The van der Waals surface area contributed by atoms with Gasteiger partial charge in [-0.1, -0.05) is 18.2 Å². The van der Waals surface area contributed by atoms with Gasteiger partial charge in [-0.05, 0) is 30.4 Å². The number of hydrogen-bond donors (Lipinski definition) is 2. The van der Waals surface area contributed by atoms with Crippen molar-refractivity contribution >= 4 is 58.1 Å². The predicted octanol–water partition coefficient (Wildman–Crippen LogP) is 1.96. The van der Waals surface area contributed by atoms with Gasteiger partial charge in [0.05, 0.1) is 21.6 Å². The molecule has 2 N–H and O–H groups in total. The molecular formula is C17H12N6O6S. The number of benzene rings is 2. The van der Waals surface area contributed by atoms with Gasteiger partial charge in [-0.3, -0.25) is 40.1 Å². The maximum absolute atomic E-state index is 12.8. The van der Waals surface area contributed by atoms with E-state index in [4.69, 9.17) is 12.2 Å². The molecule has 1 aliphatic rings. The van der Waals surface area contributed by atoms with Crippen molar-refractivity contribution in [2.75, 3.05) is 10.3 Å². The minimum absolute atomic E-state index is 0.0835. The smallest absolute Gasteiger partial charge is 0.301 e. The van der Waals surface area contributed by atoms with Crippen molar-refractivity contribution in [3.8, 4) is 0 Å². The normalized spacial score (nSPS) is 16.5. The van der Waals surface area contributed by atoms with E-state index in [0.29, 0.717) is 5.69 Å². The molecule has 12 nitrogen and oxygen atoms in total. The van der Waals surface area contributed by atoms with Crippen LogP contribution in [-0.2, 0) is 9.59 Å². The maximum Gasteiger partial charge on any atom is 0.301 e. The van der Waals surface area contributed by atoms with Crippen molar-refractivity contribution in [2.45, 2.75) is 0 Å².